The van der Waals surface area contributed by atoms with Gasteiger partial charge in [0.25, 0.3) is 0 Å². The van der Waals surface area contributed by atoms with E-state index in [9.17, 15) is 0 Å². The van der Waals surface area contributed by atoms with Crippen molar-refractivity contribution in [3.8, 4) is 0 Å². The topological polar surface area (TPSA) is 53.8 Å². The first-order chi connectivity index (χ1) is 9.86. The Kier molecular flexibility index (Phi) is 3.81. The highest BCUT2D eigenvalue weighted by molar-refractivity contribution is 5.82. The summed E-state index contributed by atoms with van der Waals surface area (Å²) in [5.74, 6) is 0. The van der Waals surface area contributed by atoms with E-state index < -0.39 is 0 Å². The summed E-state index contributed by atoms with van der Waals surface area (Å²) >= 11 is 0. The molecule has 0 unspecified atom stereocenters. The van der Waals surface area contributed by atoms with Crippen molar-refractivity contribution < 1.29 is 0 Å². The fourth-order valence-corrected chi connectivity index (χ4v) is 2.41. The average molecular weight is 265 g/mol. The summed E-state index contributed by atoms with van der Waals surface area (Å²) in [6.45, 7) is 2.33. The molecule has 3 rings (SSSR count). The Labute approximate surface area is 118 Å². The van der Waals surface area contributed by atoms with Crippen molar-refractivity contribution in [2.45, 2.75) is 19.6 Å². The number of nitrogens with two attached hydrogens (primary N) is 1. The number of nitrogens with one attached hydrogen (secondary N) is 2. The maximum Gasteiger partial charge on any atom is 0.0457 e. The fourth-order valence-electron chi connectivity index (χ4n) is 2.41. The molecule has 0 aliphatic heterocycles. The van der Waals surface area contributed by atoms with Crippen LogP contribution in [0.25, 0.3) is 10.9 Å². The van der Waals surface area contributed by atoms with Gasteiger partial charge in [0.2, 0.25) is 0 Å². The van der Waals surface area contributed by atoms with Gasteiger partial charge in [-0.1, -0.05) is 42.5 Å². The number of aromatic nitrogens is 1. The van der Waals surface area contributed by atoms with E-state index in [1.54, 1.807) is 0 Å². The molecule has 0 aliphatic carbocycles. The zero-order valence-corrected chi connectivity index (χ0v) is 11.4. The van der Waals surface area contributed by atoms with Crippen LogP contribution in [0, 0.1) is 0 Å². The van der Waals surface area contributed by atoms with Crippen LogP contribution in [0.5, 0.6) is 0 Å². The minimum atomic E-state index is 0.600. The predicted molar refractivity (Wildman–Crippen MR) is 83.2 cm³/mol. The van der Waals surface area contributed by atoms with Crippen LogP contribution in [-0.4, -0.2) is 4.98 Å². The molecule has 0 fully saturated rings. The molecular weight excluding hydrogens is 246 g/mol. The average Bonchev–Trinajstić information content (AvgIpc) is 2.92. The van der Waals surface area contributed by atoms with Crippen LogP contribution in [0.3, 0.4) is 0 Å². The number of H-pyrrole nitrogens is 1. The number of hydrogen-bond donors (Lipinski definition) is 3. The molecule has 2 aromatic carbocycles. The molecule has 0 saturated heterocycles. The first kappa shape index (κ1) is 12.9. The van der Waals surface area contributed by atoms with Gasteiger partial charge >= 0.3 is 0 Å². The van der Waals surface area contributed by atoms with Crippen LogP contribution in [-0.2, 0) is 19.6 Å². The van der Waals surface area contributed by atoms with Crippen LogP contribution in [0.15, 0.2) is 54.7 Å². The Morgan fingerprint density at radius 2 is 1.65 bits per heavy atom. The summed E-state index contributed by atoms with van der Waals surface area (Å²) in [7, 11) is 0. The van der Waals surface area contributed by atoms with Crippen molar-refractivity contribution in [2.75, 3.05) is 0 Å². The third-order valence-electron chi connectivity index (χ3n) is 3.58. The lowest BCUT2D eigenvalue weighted by atomic mass is 10.1. The van der Waals surface area contributed by atoms with Crippen molar-refractivity contribution in [3.63, 3.8) is 0 Å². The lowest BCUT2D eigenvalue weighted by Gasteiger charge is -2.05. The highest BCUT2D eigenvalue weighted by Gasteiger charge is 2.02. The SMILES string of the molecule is NCc1ccc(CNCc2c[nH]c3ccccc23)cc1. The van der Waals surface area contributed by atoms with E-state index >= 15 is 0 Å². The van der Waals surface area contributed by atoms with Gasteiger partial charge in [-0.15, -0.1) is 0 Å². The van der Waals surface area contributed by atoms with Crippen molar-refractivity contribution in [2.24, 2.45) is 5.73 Å². The summed E-state index contributed by atoms with van der Waals surface area (Å²) in [4.78, 5) is 3.30. The van der Waals surface area contributed by atoms with E-state index in [0.29, 0.717) is 6.54 Å². The Morgan fingerprint density at radius 3 is 2.45 bits per heavy atom. The summed E-state index contributed by atoms with van der Waals surface area (Å²) < 4.78 is 0. The van der Waals surface area contributed by atoms with Crippen molar-refractivity contribution in [1.82, 2.24) is 10.3 Å². The molecular formula is C17H19N3. The number of hydrogen-bond acceptors (Lipinski definition) is 2. The Balaban J connectivity index is 1.62. The van der Waals surface area contributed by atoms with Gasteiger partial charge in [0.05, 0.1) is 0 Å². The molecule has 0 atom stereocenters. The lowest BCUT2D eigenvalue weighted by Crippen LogP contribution is -2.12. The minimum absolute atomic E-state index is 0.600. The third kappa shape index (κ3) is 2.74. The van der Waals surface area contributed by atoms with Crippen LogP contribution >= 0.6 is 0 Å². The summed E-state index contributed by atoms with van der Waals surface area (Å²) in [6.07, 6.45) is 2.08. The number of benzene rings is 2. The Bertz CT molecular complexity index is 683. The van der Waals surface area contributed by atoms with E-state index in [4.69, 9.17) is 5.73 Å². The van der Waals surface area contributed by atoms with Crippen LogP contribution < -0.4 is 11.1 Å². The van der Waals surface area contributed by atoms with Gasteiger partial charge in [0, 0.05) is 36.7 Å². The maximum atomic E-state index is 5.60. The molecule has 0 bridgehead atoms. The van der Waals surface area contributed by atoms with Gasteiger partial charge in [-0.2, -0.15) is 0 Å². The second kappa shape index (κ2) is 5.90. The molecule has 1 heterocycles. The molecule has 0 amide bonds. The molecule has 1 aromatic heterocycles. The lowest BCUT2D eigenvalue weighted by molar-refractivity contribution is 0.696. The van der Waals surface area contributed by atoms with E-state index in [0.717, 1.165) is 13.1 Å². The summed E-state index contributed by atoms with van der Waals surface area (Å²) in [6, 6.07) is 16.8. The van der Waals surface area contributed by atoms with Gasteiger partial charge in [0.1, 0.15) is 0 Å². The molecule has 102 valence electrons. The van der Waals surface area contributed by atoms with Gasteiger partial charge in [-0.25, -0.2) is 0 Å². The molecule has 0 radical (unpaired) electrons. The monoisotopic (exact) mass is 265 g/mol. The van der Waals surface area contributed by atoms with Crippen LogP contribution in [0.1, 0.15) is 16.7 Å². The molecule has 0 spiro atoms. The van der Waals surface area contributed by atoms with Gasteiger partial charge in [-0.05, 0) is 22.8 Å². The van der Waals surface area contributed by atoms with E-state index in [1.807, 2.05) is 0 Å². The molecule has 0 saturated carbocycles. The van der Waals surface area contributed by atoms with E-state index in [-0.39, 0.29) is 0 Å². The van der Waals surface area contributed by atoms with E-state index in [1.165, 1.54) is 27.6 Å². The van der Waals surface area contributed by atoms with Crippen LogP contribution in [0.4, 0.5) is 0 Å². The highest BCUT2D eigenvalue weighted by atomic mass is 14.9. The van der Waals surface area contributed by atoms with E-state index in [2.05, 4.69) is 65.0 Å². The van der Waals surface area contributed by atoms with Gasteiger partial charge < -0.3 is 16.0 Å². The molecule has 3 nitrogen and oxygen atoms in total. The fraction of sp³-hybridized carbons (Fsp3) is 0.176. The number of fused-ring (bicyclic) bond motifs is 1. The minimum Gasteiger partial charge on any atom is -0.361 e. The number of aromatic amines is 1. The first-order valence-electron chi connectivity index (χ1n) is 6.90. The second-order valence-corrected chi connectivity index (χ2v) is 4.98. The smallest absolute Gasteiger partial charge is 0.0457 e. The highest BCUT2D eigenvalue weighted by Crippen LogP contribution is 2.17. The van der Waals surface area contributed by atoms with Crippen molar-refractivity contribution >= 4 is 10.9 Å². The third-order valence-corrected chi connectivity index (χ3v) is 3.58. The Hall–Kier alpha value is -2.10. The largest absolute Gasteiger partial charge is 0.361 e. The molecule has 0 aliphatic rings. The number of para-hydroxylation sites is 1. The molecule has 3 aromatic rings. The molecule has 4 N–H and O–H groups in total. The van der Waals surface area contributed by atoms with Gasteiger partial charge in [-0.3, -0.25) is 0 Å². The van der Waals surface area contributed by atoms with Gasteiger partial charge in [0.15, 0.2) is 0 Å². The predicted octanol–water partition coefficient (Wildman–Crippen LogP) is 2.92. The maximum absolute atomic E-state index is 5.60. The molecule has 3 heteroatoms. The zero-order chi connectivity index (χ0) is 13.8. The quantitative estimate of drug-likeness (QED) is 0.664. The zero-order valence-electron chi connectivity index (χ0n) is 11.4. The van der Waals surface area contributed by atoms with Crippen LogP contribution in [0.2, 0.25) is 0 Å². The first-order valence-corrected chi connectivity index (χ1v) is 6.90. The summed E-state index contributed by atoms with van der Waals surface area (Å²) in [5, 5.41) is 4.77. The second-order valence-electron chi connectivity index (χ2n) is 4.98. The van der Waals surface area contributed by atoms with Crippen molar-refractivity contribution in [1.29, 1.82) is 0 Å². The number of rotatable bonds is 5. The summed E-state index contributed by atoms with van der Waals surface area (Å²) in [5.41, 5.74) is 10.5. The normalized spacial score (nSPS) is 11.1. The molecule has 20 heavy (non-hydrogen) atoms. The van der Waals surface area contributed by atoms with Crippen molar-refractivity contribution in [3.05, 3.63) is 71.4 Å². The Morgan fingerprint density at radius 1 is 0.900 bits per heavy atom. The standard InChI is InChI=1S/C17H19N3/c18-9-13-5-7-14(8-6-13)10-19-11-15-12-20-17-4-2-1-3-16(15)17/h1-8,12,19-20H,9-11,18H2.